The first-order chi connectivity index (χ1) is 22.6. The number of likely N-dealkylation sites (tertiary alicyclic amines) is 1. The van der Waals surface area contributed by atoms with Gasteiger partial charge in [0.25, 0.3) is 0 Å². The van der Waals surface area contributed by atoms with Crippen molar-refractivity contribution in [2.24, 2.45) is 11.8 Å². The number of allylic oxidation sites excluding steroid dienone is 1. The summed E-state index contributed by atoms with van der Waals surface area (Å²) in [6.45, 7) is 9.39. The van der Waals surface area contributed by atoms with Gasteiger partial charge in [0.15, 0.2) is 0 Å². The molecular formula is C36H48BrN3O7. The molecule has 1 aromatic carbocycles. The number of carbonyl (C=O) groups excluding carboxylic acids is 4. The van der Waals surface area contributed by atoms with Crippen LogP contribution in [-0.2, 0) is 28.7 Å². The molecule has 4 fully saturated rings. The molecular weight excluding hydrogens is 666 g/mol. The Morgan fingerprint density at radius 1 is 1.17 bits per heavy atom. The lowest BCUT2D eigenvalue weighted by Gasteiger charge is -2.40. The van der Waals surface area contributed by atoms with E-state index in [1.807, 2.05) is 42.2 Å². The number of aliphatic hydroxyl groups excluding tert-OH is 1. The van der Waals surface area contributed by atoms with Gasteiger partial charge in [-0.05, 0) is 38.2 Å². The summed E-state index contributed by atoms with van der Waals surface area (Å²) < 4.78 is 13.0. The summed E-state index contributed by atoms with van der Waals surface area (Å²) in [5.74, 6) is -3.27. The van der Waals surface area contributed by atoms with Crippen molar-refractivity contribution < 1.29 is 33.8 Å². The summed E-state index contributed by atoms with van der Waals surface area (Å²) in [5.41, 5.74) is -0.545. The second-order valence-corrected chi connectivity index (χ2v) is 14.5. The number of rotatable bonds is 14. The van der Waals surface area contributed by atoms with Gasteiger partial charge in [-0.1, -0.05) is 77.7 Å². The number of β-amino-alcohol motifs (C(OH)–C–C–N with tert-alkyl or cyclic N) is 1. The summed E-state index contributed by atoms with van der Waals surface area (Å²) in [6.07, 6.45) is 7.98. The Bertz CT molecular complexity index is 1340. The summed E-state index contributed by atoms with van der Waals surface area (Å²) in [7, 11) is 1.69. The molecule has 1 aliphatic carbocycles. The maximum absolute atomic E-state index is 14.6. The van der Waals surface area contributed by atoms with Crippen molar-refractivity contribution in [2.75, 3.05) is 26.7 Å². The summed E-state index contributed by atoms with van der Waals surface area (Å²) >= 11 is 3.73. The maximum Gasteiger partial charge on any atom is 0.313 e. The number of amides is 3. The molecule has 3 heterocycles. The lowest BCUT2D eigenvalue weighted by molar-refractivity contribution is -0.164. The van der Waals surface area contributed by atoms with Gasteiger partial charge in [-0.3, -0.25) is 19.2 Å². The number of nitrogens with zero attached hydrogens (tertiary/aromatic N) is 3. The van der Waals surface area contributed by atoms with E-state index in [1.165, 1.54) is 4.90 Å². The Kier molecular flexibility index (Phi) is 11.3. The highest BCUT2D eigenvalue weighted by molar-refractivity contribution is 9.09. The number of fused-ring (bicyclic) bond motifs is 1. The zero-order valence-corrected chi connectivity index (χ0v) is 29.1. The fourth-order valence-corrected chi connectivity index (χ4v) is 9.20. The van der Waals surface area contributed by atoms with Crippen LogP contribution in [0.5, 0.6) is 0 Å². The van der Waals surface area contributed by atoms with Crippen molar-refractivity contribution in [1.82, 2.24) is 14.7 Å². The van der Waals surface area contributed by atoms with Crippen molar-refractivity contribution in [3.05, 3.63) is 61.2 Å². The highest BCUT2D eigenvalue weighted by Crippen LogP contribution is 2.60. The molecule has 10 nitrogen and oxygen atoms in total. The molecule has 0 radical (unpaired) electrons. The van der Waals surface area contributed by atoms with E-state index in [-0.39, 0.29) is 48.2 Å². The molecule has 8 atom stereocenters. The first kappa shape index (κ1) is 35.3. The monoisotopic (exact) mass is 713 g/mol. The van der Waals surface area contributed by atoms with Crippen LogP contribution in [0.4, 0.5) is 0 Å². The Morgan fingerprint density at radius 3 is 2.51 bits per heavy atom. The van der Waals surface area contributed by atoms with Crippen molar-refractivity contribution in [1.29, 1.82) is 0 Å². The highest BCUT2D eigenvalue weighted by atomic mass is 79.9. The zero-order valence-electron chi connectivity index (χ0n) is 27.5. The zero-order chi connectivity index (χ0) is 33.9. The first-order valence-corrected chi connectivity index (χ1v) is 17.8. The molecule has 4 aliphatic rings. The largest absolute Gasteiger partial charge is 0.455 e. The number of likely N-dealkylation sites (N-methyl/N-ethyl adjacent to an activating group) is 1. The number of carbonyl (C=O) groups is 4. The quantitative estimate of drug-likeness (QED) is 0.175. The Hall–Kier alpha value is -3.02. The fourth-order valence-electron chi connectivity index (χ4n) is 8.26. The van der Waals surface area contributed by atoms with Crippen LogP contribution in [-0.4, -0.2) is 105 Å². The van der Waals surface area contributed by atoms with Crippen molar-refractivity contribution in [3.63, 3.8) is 0 Å². The van der Waals surface area contributed by atoms with Gasteiger partial charge in [0, 0.05) is 37.4 Å². The van der Waals surface area contributed by atoms with E-state index < -0.39 is 47.7 Å². The molecule has 1 N–H and O–H groups in total. The van der Waals surface area contributed by atoms with Gasteiger partial charge in [-0.25, -0.2) is 0 Å². The molecule has 5 rings (SSSR count). The maximum atomic E-state index is 14.6. The molecule has 3 amide bonds. The number of halogens is 1. The minimum atomic E-state index is -1.26. The van der Waals surface area contributed by atoms with Gasteiger partial charge in [0.1, 0.15) is 17.7 Å². The number of alkyl halides is 1. The normalized spacial score (nSPS) is 29.6. The number of esters is 1. The number of hydrogen-bond acceptors (Lipinski definition) is 7. The third-order valence-electron chi connectivity index (χ3n) is 10.6. The van der Waals surface area contributed by atoms with E-state index >= 15 is 0 Å². The second-order valence-electron chi connectivity index (χ2n) is 13.3. The van der Waals surface area contributed by atoms with Crippen LogP contribution in [0.25, 0.3) is 0 Å². The molecule has 1 unspecified atom stereocenters. The van der Waals surface area contributed by atoms with Crippen molar-refractivity contribution >= 4 is 39.6 Å². The smallest absolute Gasteiger partial charge is 0.313 e. The lowest BCUT2D eigenvalue weighted by atomic mass is 9.70. The van der Waals surface area contributed by atoms with E-state index in [0.717, 1.165) is 32.1 Å². The topological polar surface area (TPSA) is 117 Å². The predicted molar refractivity (Wildman–Crippen MR) is 180 cm³/mol. The molecule has 0 aromatic heterocycles. The Balaban J connectivity index is 1.47. The van der Waals surface area contributed by atoms with Crippen LogP contribution in [0.2, 0.25) is 0 Å². The average Bonchev–Trinajstić information content (AvgIpc) is 3.68. The molecule has 256 valence electrons. The molecule has 3 aliphatic heterocycles. The SMILES string of the molecule is C=CCCC(=O)N(C)[C@H](C)[C@H](OC(=O)[C@@H]1[C@H]2O[C@@]3(CC2Br)[C@H](C(=O)N(CC=C)C2CCCCC2)N(CCO)C(=O)[C@@H]13)c1ccccc1. The number of aliphatic hydroxyl groups is 1. The minimum absolute atomic E-state index is 0.0224. The summed E-state index contributed by atoms with van der Waals surface area (Å²) in [5, 5.41) is 10.0. The fraction of sp³-hybridized carbons (Fsp3) is 0.611. The van der Waals surface area contributed by atoms with E-state index in [4.69, 9.17) is 9.47 Å². The van der Waals surface area contributed by atoms with Crippen LogP contribution in [0, 0.1) is 11.8 Å². The Morgan fingerprint density at radius 2 is 1.87 bits per heavy atom. The van der Waals surface area contributed by atoms with Crippen LogP contribution in [0.1, 0.15) is 70.0 Å². The average molecular weight is 715 g/mol. The van der Waals surface area contributed by atoms with Gasteiger partial charge in [-0.15, -0.1) is 13.2 Å². The summed E-state index contributed by atoms with van der Waals surface area (Å²) in [6, 6.07) is 7.76. The Labute approximate surface area is 286 Å². The van der Waals surface area contributed by atoms with Gasteiger partial charge in [-0.2, -0.15) is 0 Å². The molecule has 2 bridgehead atoms. The molecule has 11 heteroatoms. The summed E-state index contributed by atoms with van der Waals surface area (Å²) in [4.78, 5) is 60.8. The van der Waals surface area contributed by atoms with Gasteiger partial charge in [0.2, 0.25) is 17.7 Å². The van der Waals surface area contributed by atoms with E-state index in [2.05, 4.69) is 29.1 Å². The number of ether oxygens (including phenoxy) is 2. The van der Waals surface area contributed by atoms with Crippen molar-refractivity contribution in [3.8, 4) is 0 Å². The molecule has 1 aromatic rings. The van der Waals surface area contributed by atoms with Crippen molar-refractivity contribution in [2.45, 2.75) is 99.1 Å². The highest BCUT2D eigenvalue weighted by Gasteiger charge is 2.77. The first-order valence-electron chi connectivity index (χ1n) is 16.9. The van der Waals surface area contributed by atoms with E-state index in [0.29, 0.717) is 24.9 Å². The van der Waals surface area contributed by atoms with Gasteiger partial charge in [0.05, 0.1) is 30.6 Å². The van der Waals surface area contributed by atoms with Crippen LogP contribution in [0.3, 0.4) is 0 Å². The minimum Gasteiger partial charge on any atom is -0.455 e. The predicted octanol–water partition coefficient (Wildman–Crippen LogP) is 4.17. The van der Waals surface area contributed by atoms with Gasteiger partial charge < -0.3 is 29.3 Å². The second kappa shape index (κ2) is 15.0. The van der Waals surface area contributed by atoms with E-state index in [9.17, 15) is 24.3 Å². The lowest BCUT2D eigenvalue weighted by Crippen LogP contribution is -2.59. The molecule has 1 spiro atoms. The molecule has 47 heavy (non-hydrogen) atoms. The van der Waals surface area contributed by atoms with E-state index in [1.54, 1.807) is 24.1 Å². The standard InChI is InChI=1S/C36H48BrN3O7/c1-5-7-18-27(42)38(4)23(3)30(24-14-10-8-11-15-24)46-35(45)28-29-33(43)40(20-21-41)32(36(29)22-26(37)31(28)47-36)34(44)39(19-6-2)25-16-12-9-13-17-25/h5-6,8,10-11,14-15,23,25-26,28-32,41H,1-2,7,9,12-13,16-22H2,3-4H3/t23-,26?,28+,29-,30+,31+,32+,36-/m1/s1. The number of benzene rings is 1. The molecule has 1 saturated carbocycles. The molecule has 3 saturated heterocycles. The van der Waals surface area contributed by atoms with Crippen LogP contribution < -0.4 is 0 Å². The third-order valence-corrected chi connectivity index (χ3v) is 11.5. The van der Waals surface area contributed by atoms with Crippen LogP contribution in [0.15, 0.2) is 55.6 Å². The third kappa shape index (κ3) is 6.55. The van der Waals surface area contributed by atoms with Gasteiger partial charge >= 0.3 is 5.97 Å². The van der Waals surface area contributed by atoms with Crippen LogP contribution >= 0.6 is 15.9 Å². The number of hydrogen-bond donors (Lipinski definition) is 1.